The number of hydrogen-bond donors (Lipinski definition) is 2. The number of benzene rings is 2. The maximum Gasteiger partial charge on any atom is 0.229 e. The van der Waals surface area contributed by atoms with E-state index >= 15 is 0 Å². The molecule has 3 rings (SSSR count). The predicted octanol–water partition coefficient (Wildman–Crippen LogP) is 5.67. The van der Waals surface area contributed by atoms with Crippen molar-refractivity contribution in [2.75, 3.05) is 17.2 Å². The van der Waals surface area contributed by atoms with Gasteiger partial charge < -0.3 is 15.4 Å². The summed E-state index contributed by atoms with van der Waals surface area (Å²) in [7, 11) is 0. The van der Waals surface area contributed by atoms with Gasteiger partial charge in [0.05, 0.1) is 16.7 Å². The Hall–Kier alpha value is -2.50. The average Bonchev–Trinajstić information content (AvgIpc) is 2.61. The van der Waals surface area contributed by atoms with Crippen molar-refractivity contribution < 1.29 is 4.74 Å². The van der Waals surface area contributed by atoms with Crippen molar-refractivity contribution in [3.63, 3.8) is 0 Å². The maximum absolute atomic E-state index is 6.02. The molecule has 0 spiro atoms. The summed E-state index contributed by atoms with van der Waals surface area (Å²) in [5.41, 5.74) is 1.66. The number of halogens is 2. The van der Waals surface area contributed by atoms with Gasteiger partial charge in [-0.3, -0.25) is 0 Å². The zero-order valence-corrected chi connectivity index (χ0v) is 15.0. The Labute approximate surface area is 156 Å². The van der Waals surface area contributed by atoms with E-state index in [9.17, 15) is 0 Å². The molecule has 25 heavy (non-hydrogen) atoms. The van der Waals surface area contributed by atoms with E-state index in [-0.39, 0.29) is 0 Å². The topological polar surface area (TPSA) is 59.1 Å². The summed E-state index contributed by atoms with van der Waals surface area (Å²) >= 11 is 11.9. The smallest absolute Gasteiger partial charge is 0.229 e. The minimum absolute atomic E-state index is 0.453. The number of anilines is 4. The van der Waals surface area contributed by atoms with Gasteiger partial charge in [-0.05, 0) is 55.5 Å². The first-order chi connectivity index (χ1) is 12.1. The lowest BCUT2D eigenvalue weighted by Crippen LogP contribution is -2.00. The molecular weight excluding hydrogens is 359 g/mol. The Bertz CT molecular complexity index is 856. The van der Waals surface area contributed by atoms with Crippen molar-refractivity contribution in [1.82, 2.24) is 9.97 Å². The fourth-order valence-corrected chi connectivity index (χ4v) is 2.44. The zero-order valence-electron chi connectivity index (χ0n) is 13.5. The van der Waals surface area contributed by atoms with Crippen LogP contribution in [0, 0.1) is 0 Å². The standard InChI is InChI=1S/C18H16Cl2N4O/c1-2-25-14-6-3-12(4-7-14)22-17-9-10-21-18(24-17)23-13-5-8-15(19)16(20)11-13/h3-11H,2H2,1H3,(H2,21,22,23,24). The van der Waals surface area contributed by atoms with Crippen LogP contribution in [0.4, 0.5) is 23.1 Å². The largest absolute Gasteiger partial charge is 0.494 e. The van der Waals surface area contributed by atoms with Crippen LogP contribution in [-0.2, 0) is 0 Å². The molecule has 0 saturated heterocycles. The van der Waals surface area contributed by atoms with Gasteiger partial charge in [0.25, 0.3) is 0 Å². The van der Waals surface area contributed by atoms with Crippen LogP contribution < -0.4 is 15.4 Å². The first kappa shape index (κ1) is 17.3. The molecule has 0 aliphatic carbocycles. The van der Waals surface area contributed by atoms with Crippen molar-refractivity contribution in [3.05, 3.63) is 64.8 Å². The predicted molar refractivity (Wildman–Crippen MR) is 103 cm³/mol. The van der Waals surface area contributed by atoms with Crippen molar-refractivity contribution >= 4 is 46.3 Å². The van der Waals surface area contributed by atoms with Gasteiger partial charge in [-0.25, -0.2) is 4.98 Å². The van der Waals surface area contributed by atoms with E-state index in [4.69, 9.17) is 27.9 Å². The molecule has 0 bridgehead atoms. The molecule has 3 aromatic rings. The lowest BCUT2D eigenvalue weighted by atomic mass is 10.3. The third-order valence-corrected chi connectivity index (χ3v) is 4.01. The molecule has 128 valence electrons. The number of ether oxygens (including phenoxy) is 1. The number of nitrogens with one attached hydrogen (secondary N) is 2. The molecule has 5 nitrogen and oxygen atoms in total. The molecule has 0 aliphatic heterocycles. The molecule has 0 unspecified atom stereocenters. The van der Waals surface area contributed by atoms with Gasteiger partial charge in [-0.2, -0.15) is 4.98 Å². The van der Waals surface area contributed by atoms with Gasteiger partial charge in [-0.15, -0.1) is 0 Å². The first-order valence-corrected chi connectivity index (χ1v) is 8.44. The summed E-state index contributed by atoms with van der Waals surface area (Å²) in [5, 5.41) is 7.29. The summed E-state index contributed by atoms with van der Waals surface area (Å²) in [4.78, 5) is 8.64. The van der Waals surface area contributed by atoms with Crippen LogP contribution >= 0.6 is 23.2 Å². The van der Waals surface area contributed by atoms with Crippen LogP contribution in [0.15, 0.2) is 54.7 Å². The van der Waals surface area contributed by atoms with Gasteiger partial charge in [0.1, 0.15) is 11.6 Å². The first-order valence-electron chi connectivity index (χ1n) is 7.69. The molecule has 0 radical (unpaired) electrons. The van der Waals surface area contributed by atoms with E-state index in [0.29, 0.717) is 28.4 Å². The molecule has 0 amide bonds. The van der Waals surface area contributed by atoms with Crippen molar-refractivity contribution in [3.8, 4) is 5.75 Å². The van der Waals surface area contributed by atoms with Crippen molar-refractivity contribution in [2.24, 2.45) is 0 Å². The van der Waals surface area contributed by atoms with Crippen LogP contribution in [0.3, 0.4) is 0 Å². The minimum Gasteiger partial charge on any atom is -0.494 e. The fourth-order valence-electron chi connectivity index (χ4n) is 2.14. The van der Waals surface area contributed by atoms with Crippen molar-refractivity contribution in [2.45, 2.75) is 6.92 Å². The summed E-state index contributed by atoms with van der Waals surface area (Å²) in [5.74, 6) is 1.95. The second kappa shape index (κ2) is 8.05. The van der Waals surface area contributed by atoms with Gasteiger partial charge in [-0.1, -0.05) is 23.2 Å². The van der Waals surface area contributed by atoms with E-state index < -0.39 is 0 Å². The highest BCUT2D eigenvalue weighted by Crippen LogP contribution is 2.26. The maximum atomic E-state index is 6.02. The van der Waals surface area contributed by atoms with E-state index in [1.54, 1.807) is 24.4 Å². The van der Waals surface area contributed by atoms with Crippen LogP contribution in [0.25, 0.3) is 0 Å². The molecule has 7 heteroatoms. The highest BCUT2D eigenvalue weighted by atomic mass is 35.5. The van der Waals surface area contributed by atoms with Gasteiger partial charge in [0, 0.05) is 17.6 Å². The van der Waals surface area contributed by atoms with Crippen LogP contribution in [0.1, 0.15) is 6.92 Å². The SMILES string of the molecule is CCOc1ccc(Nc2ccnc(Nc3ccc(Cl)c(Cl)c3)n2)cc1. The minimum atomic E-state index is 0.453. The van der Waals surface area contributed by atoms with Gasteiger partial charge in [0.15, 0.2) is 0 Å². The Morgan fingerprint density at radius 3 is 2.40 bits per heavy atom. The Morgan fingerprint density at radius 1 is 0.920 bits per heavy atom. The Kier molecular flexibility index (Phi) is 5.58. The Balaban J connectivity index is 1.71. The van der Waals surface area contributed by atoms with Gasteiger partial charge >= 0.3 is 0 Å². The zero-order chi connectivity index (χ0) is 17.6. The molecule has 2 N–H and O–H groups in total. The molecule has 0 saturated carbocycles. The monoisotopic (exact) mass is 374 g/mol. The van der Waals surface area contributed by atoms with Gasteiger partial charge in [0.2, 0.25) is 5.95 Å². The molecule has 0 aliphatic rings. The highest BCUT2D eigenvalue weighted by Gasteiger charge is 2.04. The number of rotatable bonds is 6. The summed E-state index contributed by atoms with van der Waals surface area (Å²) < 4.78 is 5.43. The molecule has 0 fully saturated rings. The summed E-state index contributed by atoms with van der Waals surface area (Å²) in [6.07, 6.45) is 1.67. The van der Waals surface area contributed by atoms with Crippen LogP contribution in [-0.4, -0.2) is 16.6 Å². The summed E-state index contributed by atoms with van der Waals surface area (Å²) in [6, 6.07) is 14.7. The Morgan fingerprint density at radius 2 is 1.68 bits per heavy atom. The van der Waals surface area contributed by atoms with Crippen LogP contribution in [0.2, 0.25) is 10.0 Å². The second-order valence-corrected chi connectivity index (χ2v) is 5.92. The number of nitrogens with zero attached hydrogens (tertiary/aromatic N) is 2. The molecular formula is C18H16Cl2N4O. The van der Waals surface area contributed by atoms with E-state index in [1.807, 2.05) is 37.3 Å². The lowest BCUT2D eigenvalue weighted by Gasteiger charge is -2.10. The molecule has 0 atom stereocenters. The normalized spacial score (nSPS) is 10.4. The fraction of sp³-hybridized carbons (Fsp3) is 0.111. The van der Waals surface area contributed by atoms with Crippen LogP contribution in [0.5, 0.6) is 5.75 Å². The third kappa shape index (κ3) is 4.75. The van der Waals surface area contributed by atoms with Crippen molar-refractivity contribution in [1.29, 1.82) is 0 Å². The second-order valence-electron chi connectivity index (χ2n) is 5.10. The molecule has 2 aromatic carbocycles. The average molecular weight is 375 g/mol. The lowest BCUT2D eigenvalue weighted by molar-refractivity contribution is 0.340. The van der Waals surface area contributed by atoms with E-state index in [0.717, 1.165) is 17.1 Å². The molecule has 1 heterocycles. The quantitative estimate of drug-likeness (QED) is 0.581. The highest BCUT2D eigenvalue weighted by molar-refractivity contribution is 6.42. The summed E-state index contributed by atoms with van der Waals surface area (Å²) in [6.45, 7) is 2.60. The van der Waals surface area contributed by atoms with E-state index in [1.165, 1.54) is 0 Å². The number of aromatic nitrogens is 2. The third-order valence-electron chi connectivity index (χ3n) is 3.27. The van der Waals surface area contributed by atoms with E-state index in [2.05, 4.69) is 20.6 Å². The number of hydrogen-bond acceptors (Lipinski definition) is 5. The molecule has 1 aromatic heterocycles.